The summed E-state index contributed by atoms with van der Waals surface area (Å²) in [7, 11) is 0. The molecule has 0 bridgehead atoms. The van der Waals surface area contributed by atoms with Gasteiger partial charge in [0, 0.05) is 24.2 Å². The lowest BCUT2D eigenvalue weighted by molar-refractivity contribution is 0.430. The van der Waals surface area contributed by atoms with Crippen LogP contribution in [0.2, 0.25) is 0 Å². The largest absolute Gasteiger partial charge is 0.508 e. The molecule has 0 spiro atoms. The quantitative estimate of drug-likeness (QED) is 0.639. The van der Waals surface area contributed by atoms with E-state index in [4.69, 9.17) is 0 Å². The van der Waals surface area contributed by atoms with Crippen LogP contribution in [0.1, 0.15) is 22.7 Å². The second-order valence-electron chi connectivity index (χ2n) is 5.85. The Bertz CT molecular complexity index is 772. The van der Waals surface area contributed by atoms with Crippen molar-refractivity contribution < 1.29 is 10.2 Å². The Morgan fingerprint density at radius 1 is 0.750 bits per heavy atom. The van der Waals surface area contributed by atoms with Crippen molar-refractivity contribution in [3.05, 3.63) is 95.6 Å². The van der Waals surface area contributed by atoms with Crippen molar-refractivity contribution in [1.29, 1.82) is 0 Å². The number of hydrogen-bond acceptors (Lipinski definition) is 3. The average Bonchev–Trinajstić information content (AvgIpc) is 2.61. The zero-order chi connectivity index (χ0) is 16.8. The molecule has 0 saturated carbocycles. The van der Waals surface area contributed by atoms with Gasteiger partial charge in [-0.3, -0.25) is 0 Å². The van der Waals surface area contributed by atoms with Crippen LogP contribution in [0.15, 0.2) is 78.9 Å². The second-order valence-corrected chi connectivity index (χ2v) is 5.85. The minimum absolute atomic E-state index is 0.0480. The molecule has 3 heteroatoms. The minimum Gasteiger partial charge on any atom is -0.508 e. The van der Waals surface area contributed by atoms with Crippen LogP contribution in [-0.4, -0.2) is 10.2 Å². The summed E-state index contributed by atoms with van der Waals surface area (Å²) in [6.07, 6.45) is 0.756. The Hall–Kier alpha value is -2.78. The van der Waals surface area contributed by atoms with Gasteiger partial charge in [0.1, 0.15) is 11.5 Å². The fourth-order valence-electron chi connectivity index (χ4n) is 2.81. The Morgan fingerprint density at radius 2 is 1.38 bits per heavy atom. The minimum atomic E-state index is -0.0480. The molecular weight excluding hydrogens is 298 g/mol. The average molecular weight is 319 g/mol. The van der Waals surface area contributed by atoms with Crippen molar-refractivity contribution in [2.24, 2.45) is 0 Å². The van der Waals surface area contributed by atoms with Crippen LogP contribution in [0.3, 0.4) is 0 Å². The normalized spacial score (nSPS) is 12.0. The fraction of sp³-hybridized carbons (Fsp3) is 0.143. The van der Waals surface area contributed by atoms with Gasteiger partial charge in [0.05, 0.1) is 0 Å². The van der Waals surface area contributed by atoms with Crippen LogP contribution in [0.4, 0.5) is 0 Å². The molecule has 3 aromatic rings. The zero-order valence-corrected chi connectivity index (χ0v) is 13.4. The van der Waals surface area contributed by atoms with Gasteiger partial charge >= 0.3 is 0 Å². The summed E-state index contributed by atoms with van der Waals surface area (Å²) in [6, 6.07) is 25.1. The molecule has 0 aromatic heterocycles. The molecule has 0 heterocycles. The molecule has 3 nitrogen and oxygen atoms in total. The molecule has 3 N–H and O–H groups in total. The van der Waals surface area contributed by atoms with Gasteiger partial charge < -0.3 is 15.5 Å². The number of aromatic hydroxyl groups is 2. The molecule has 122 valence electrons. The first-order valence-electron chi connectivity index (χ1n) is 8.05. The van der Waals surface area contributed by atoms with Gasteiger partial charge in [0.15, 0.2) is 0 Å². The Labute approximate surface area is 142 Å². The van der Waals surface area contributed by atoms with Gasteiger partial charge in [-0.15, -0.1) is 0 Å². The van der Waals surface area contributed by atoms with E-state index in [1.807, 2.05) is 36.4 Å². The predicted molar refractivity (Wildman–Crippen MR) is 95.9 cm³/mol. The van der Waals surface area contributed by atoms with E-state index in [1.54, 1.807) is 12.1 Å². The van der Waals surface area contributed by atoms with Crippen LogP contribution in [0, 0.1) is 0 Å². The monoisotopic (exact) mass is 319 g/mol. The lowest BCUT2D eigenvalue weighted by Crippen LogP contribution is -2.23. The third-order valence-electron chi connectivity index (χ3n) is 4.07. The SMILES string of the molecule is Oc1ccc([C@H](Cc2ccccc2)NCc2ccccc2)c(O)c1. The van der Waals surface area contributed by atoms with Crippen LogP contribution >= 0.6 is 0 Å². The second kappa shape index (κ2) is 7.66. The highest BCUT2D eigenvalue weighted by Gasteiger charge is 2.16. The molecule has 0 unspecified atom stereocenters. The highest BCUT2D eigenvalue weighted by atomic mass is 16.3. The smallest absolute Gasteiger partial charge is 0.124 e. The van der Waals surface area contributed by atoms with Crippen LogP contribution in [0.5, 0.6) is 11.5 Å². The molecular formula is C21H21NO2. The number of hydrogen-bond donors (Lipinski definition) is 3. The summed E-state index contributed by atoms with van der Waals surface area (Å²) < 4.78 is 0. The maximum absolute atomic E-state index is 10.2. The number of phenols is 2. The van der Waals surface area contributed by atoms with Gasteiger partial charge in [-0.05, 0) is 23.6 Å². The van der Waals surface area contributed by atoms with Crippen molar-refractivity contribution in [2.45, 2.75) is 19.0 Å². The first kappa shape index (κ1) is 16.1. The number of rotatable bonds is 6. The van der Waals surface area contributed by atoms with E-state index in [0.29, 0.717) is 6.54 Å². The lowest BCUT2D eigenvalue weighted by atomic mass is 9.97. The van der Waals surface area contributed by atoms with Gasteiger partial charge in [-0.25, -0.2) is 0 Å². The lowest BCUT2D eigenvalue weighted by Gasteiger charge is -2.21. The van der Waals surface area contributed by atoms with Crippen LogP contribution < -0.4 is 5.32 Å². The van der Waals surface area contributed by atoms with E-state index in [0.717, 1.165) is 12.0 Å². The highest BCUT2D eigenvalue weighted by molar-refractivity contribution is 5.41. The van der Waals surface area contributed by atoms with Crippen molar-refractivity contribution in [3.8, 4) is 11.5 Å². The zero-order valence-electron chi connectivity index (χ0n) is 13.4. The van der Waals surface area contributed by atoms with Crippen LogP contribution in [0.25, 0.3) is 0 Å². The summed E-state index contributed by atoms with van der Waals surface area (Å²) in [5.74, 6) is 0.175. The molecule has 0 aliphatic carbocycles. The van der Waals surface area contributed by atoms with E-state index < -0.39 is 0 Å². The first-order valence-corrected chi connectivity index (χ1v) is 8.05. The number of nitrogens with one attached hydrogen (secondary N) is 1. The van der Waals surface area contributed by atoms with Gasteiger partial charge in [0.25, 0.3) is 0 Å². The summed E-state index contributed by atoms with van der Waals surface area (Å²) in [5, 5.41) is 23.3. The molecule has 0 radical (unpaired) electrons. The molecule has 24 heavy (non-hydrogen) atoms. The molecule has 1 atom stereocenters. The summed E-state index contributed by atoms with van der Waals surface area (Å²) in [6.45, 7) is 0.707. The summed E-state index contributed by atoms with van der Waals surface area (Å²) in [4.78, 5) is 0. The number of benzene rings is 3. The molecule has 0 aliphatic rings. The van der Waals surface area contributed by atoms with Gasteiger partial charge in [-0.2, -0.15) is 0 Å². The third-order valence-corrected chi connectivity index (χ3v) is 4.07. The molecule has 3 aromatic carbocycles. The van der Waals surface area contributed by atoms with E-state index in [2.05, 4.69) is 29.6 Å². The van der Waals surface area contributed by atoms with Crippen molar-refractivity contribution in [1.82, 2.24) is 5.32 Å². The Kier molecular flexibility index (Phi) is 5.14. The standard InChI is InChI=1S/C21H21NO2/c23-18-11-12-19(21(24)14-18)20(13-16-7-3-1-4-8-16)22-15-17-9-5-2-6-10-17/h1-12,14,20,22-24H,13,15H2/t20-/m0/s1. The van der Waals surface area contributed by atoms with Crippen molar-refractivity contribution in [3.63, 3.8) is 0 Å². The highest BCUT2D eigenvalue weighted by Crippen LogP contribution is 2.30. The van der Waals surface area contributed by atoms with Crippen molar-refractivity contribution in [2.75, 3.05) is 0 Å². The van der Waals surface area contributed by atoms with Crippen LogP contribution in [-0.2, 0) is 13.0 Å². The summed E-state index contributed by atoms with van der Waals surface area (Å²) in [5.41, 5.74) is 3.16. The fourth-order valence-corrected chi connectivity index (χ4v) is 2.81. The maximum Gasteiger partial charge on any atom is 0.124 e. The third kappa shape index (κ3) is 4.15. The molecule has 0 fully saturated rings. The Balaban J connectivity index is 1.82. The molecule has 0 saturated heterocycles. The first-order chi connectivity index (χ1) is 11.7. The predicted octanol–water partition coefficient (Wildman–Crippen LogP) is 4.17. The van der Waals surface area contributed by atoms with Gasteiger partial charge in [-0.1, -0.05) is 66.7 Å². The Morgan fingerprint density at radius 3 is 2.00 bits per heavy atom. The molecule has 3 rings (SSSR count). The van der Waals surface area contributed by atoms with E-state index in [9.17, 15) is 10.2 Å². The van der Waals surface area contributed by atoms with Gasteiger partial charge in [0.2, 0.25) is 0 Å². The van der Waals surface area contributed by atoms with Crippen molar-refractivity contribution >= 4 is 0 Å². The van der Waals surface area contributed by atoms with E-state index in [1.165, 1.54) is 17.2 Å². The topological polar surface area (TPSA) is 52.5 Å². The van der Waals surface area contributed by atoms with E-state index in [-0.39, 0.29) is 17.5 Å². The molecule has 0 aliphatic heterocycles. The number of phenolic OH excluding ortho intramolecular Hbond substituents is 2. The summed E-state index contributed by atoms with van der Waals surface area (Å²) >= 11 is 0. The molecule has 0 amide bonds. The van der Waals surface area contributed by atoms with E-state index >= 15 is 0 Å². The maximum atomic E-state index is 10.2.